The fourth-order valence-electron chi connectivity index (χ4n) is 3.68. The number of hydrogen-bond donors (Lipinski definition) is 0. The lowest BCUT2D eigenvalue weighted by molar-refractivity contribution is -0.120. The number of carbonyl (C=O) groups excluding carboxylic acids is 1. The van der Waals surface area contributed by atoms with Gasteiger partial charge in [0.05, 0.1) is 0 Å². The second-order valence-corrected chi connectivity index (χ2v) is 8.43. The van der Waals surface area contributed by atoms with E-state index < -0.39 is 4.75 Å². The third kappa shape index (κ3) is 3.42. The van der Waals surface area contributed by atoms with Gasteiger partial charge in [-0.25, -0.2) is 0 Å². The summed E-state index contributed by atoms with van der Waals surface area (Å²) in [6.07, 6.45) is 5.53. The summed E-state index contributed by atoms with van der Waals surface area (Å²) in [7, 11) is 3.79. The molecular formula is C21H23N5OS. The van der Waals surface area contributed by atoms with E-state index in [2.05, 4.69) is 15.2 Å². The molecule has 0 atom stereocenters. The van der Waals surface area contributed by atoms with Gasteiger partial charge in [-0.1, -0.05) is 48.9 Å². The first-order chi connectivity index (χ1) is 13.6. The lowest BCUT2D eigenvalue weighted by atomic mass is 10.1. The molecule has 1 fully saturated rings. The molecule has 1 aromatic carbocycles. The van der Waals surface area contributed by atoms with Crippen molar-refractivity contribution in [3.05, 3.63) is 54.7 Å². The number of nitrogens with zero attached hydrogens (tertiary/aromatic N) is 5. The fraction of sp³-hybridized carbons (Fsp3) is 0.333. The first-order valence-electron chi connectivity index (χ1n) is 9.44. The summed E-state index contributed by atoms with van der Waals surface area (Å²) < 4.78 is 1.43. The van der Waals surface area contributed by atoms with Gasteiger partial charge >= 0.3 is 0 Å². The number of hydrogen-bond acceptors (Lipinski definition) is 5. The highest BCUT2D eigenvalue weighted by atomic mass is 32.2. The monoisotopic (exact) mass is 393 g/mol. The predicted molar refractivity (Wildman–Crippen MR) is 111 cm³/mol. The first-order valence-corrected chi connectivity index (χ1v) is 10.3. The number of thioether (sulfide) groups is 1. The molecule has 28 heavy (non-hydrogen) atoms. The third-order valence-electron chi connectivity index (χ3n) is 5.26. The van der Waals surface area contributed by atoms with Gasteiger partial charge < -0.3 is 9.47 Å². The molecule has 0 aliphatic heterocycles. The molecule has 1 saturated carbocycles. The Hall–Kier alpha value is -2.67. The number of carbonyl (C=O) groups is 1. The fourth-order valence-corrected chi connectivity index (χ4v) is 5.05. The quantitative estimate of drug-likeness (QED) is 0.657. The van der Waals surface area contributed by atoms with Gasteiger partial charge in [-0.15, -0.1) is 10.2 Å². The van der Waals surface area contributed by atoms with Crippen LogP contribution in [0.3, 0.4) is 0 Å². The van der Waals surface area contributed by atoms with Gasteiger partial charge in [-0.3, -0.25) is 9.78 Å². The average molecular weight is 394 g/mol. The Morgan fingerprint density at radius 3 is 2.46 bits per heavy atom. The highest BCUT2D eigenvalue weighted by Gasteiger charge is 2.45. The summed E-state index contributed by atoms with van der Waals surface area (Å²) >= 11 is 1.54. The highest BCUT2D eigenvalue weighted by molar-refractivity contribution is 8.01. The van der Waals surface area contributed by atoms with Crippen molar-refractivity contribution in [2.24, 2.45) is 7.05 Å². The summed E-state index contributed by atoms with van der Waals surface area (Å²) in [6, 6.07) is 15.5. The van der Waals surface area contributed by atoms with Crippen LogP contribution in [0.5, 0.6) is 0 Å². The SMILES string of the molecule is CN(C(=O)C1(Sc2nnc(-c3ccccn3)n2C)CCCC1)c1ccccc1. The van der Waals surface area contributed by atoms with Crippen molar-refractivity contribution >= 4 is 23.4 Å². The van der Waals surface area contributed by atoms with Crippen LogP contribution in [0.1, 0.15) is 25.7 Å². The maximum atomic E-state index is 13.5. The summed E-state index contributed by atoms with van der Waals surface area (Å²) in [5.74, 6) is 0.837. The zero-order chi connectivity index (χ0) is 19.6. The Kier molecular flexibility index (Phi) is 5.17. The molecule has 1 amide bonds. The standard InChI is InChI=1S/C21H23N5OS/c1-25(16-10-4-3-5-11-16)19(27)21(13-7-8-14-21)28-20-24-23-18(26(20)2)17-12-6-9-15-22-17/h3-6,9-12,15H,7-8,13-14H2,1-2H3. The van der Waals surface area contributed by atoms with Gasteiger partial charge in [-0.05, 0) is 37.1 Å². The van der Waals surface area contributed by atoms with Gasteiger partial charge in [0.2, 0.25) is 5.91 Å². The lowest BCUT2D eigenvalue weighted by Gasteiger charge is -2.31. The molecule has 1 aliphatic rings. The van der Waals surface area contributed by atoms with E-state index in [1.807, 2.05) is 67.2 Å². The number of amides is 1. The minimum atomic E-state index is -0.507. The number of pyridine rings is 1. The summed E-state index contributed by atoms with van der Waals surface area (Å²) in [4.78, 5) is 19.6. The Balaban J connectivity index is 1.63. The molecule has 144 valence electrons. The third-order valence-corrected chi connectivity index (χ3v) is 6.78. The zero-order valence-corrected chi connectivity index (χ0v) is 16.9. The number of rotatable bonds is 5. The van der Waals surface area contributed by atoms with E-state index in [1.54, 1.807) is 22.9 Å². The van der Waals surface area contributed by atoms with E-state index in [1.165, 1.54) is 0 Å². The van der Waals surface area contributed by atoms with Crippen molar-refractivity contribution < 1.29 is 4.79 Å². The normalized spacial score (nSPS) is 15.5. The van der Waals surface area contributed by atoms with E-state index >= 15 is 0 Å². The van der Waals surface area contributed by atoms with E-state index in [0.717, 1.165) is 42.2 Å². The van der Waals surface area contributed by atoms with Crippen LogP contribution in [0.15, 0.2) is 59.9 Å². The minimum Gasteiger partial charge on any atom is -0.314 e. The molecule has 0 N–H and O–H groups in total. The molecule has 0 bridgehead atoms. The molecule has 3 aromatic rings. The molecule has 4 rings (SSSR count). The van der Waals surface area contributed by atoms with Crippen molar-refractivity contribution in [1.82, 2.24) is 19.7 Å². The molecular weight excluding hydrogens is 370 g/mol. The molecule has 0 radical (unpaired) electrons. The zero-order valence-electron chi connectivity index (χ0n) is 16.1. The maximum Gasteiger partial charge on any atom is 0.243 e. The van der Waals surface area contributed by atoms with Crippen LogP contribution in [0.2, 0.25) is 0 Å². The van der Waals surface area contributed by atoms with Crippen molar-refractivity contribution in [2.75, 3.05) is 11.9 Å². The Morgan fingerprint density at radius 2 is 1.79 bits per heavy atom. The van der Waals surface area contributed by atoms with Crippen LogP contribution < -0.4 is 4.90 Å². The maximum absolute atomic E-state index is 13.5. The number of aromatic nitrogens is 4. The first kappa shape index (κ1) is 18.7. The summed E-state index contributed by atoms with van der Waals surface area (Å²) in [6.45, 7) is 0. The number of anilines is 1. The number of para-hydroxylation sites is 1. The molecule has 1 aliphatic carbocycles. The average Bonchev–Trinajstić information content (AvgIpc) is 3.36. The molecule has 0 saturated heterocycles. The van der Waals surface area contributed by atoms with Gasteiger partial charge in [0.25, 0.3) is 0 Å². The van der Waals surface area contributed by atoms with Crippen LogP contribution in [-0.4, -0.2) is 37.5 Å². The molecule has 0 spiro atoms. The van der Waals surface area contributed by atoms with Crippen molar-refractivity contribution in [3.63, 3.8) is 0 Å². The summed E-state index contributed by atoms with van der Waals surface area (Å²) in [5.41, 5.74) is 1.68. The topological polar surface area (TPSA) is 63.9 Å². The van der Waals surface area contributed by atoms with E-state index in [9.17, 15) is 4.79 Å². The molecule has 0 unspecified atom stereocenters. The molecule has 6 nitrogen and oxygen atoms in total. The largest absolute Gasteiger partial charge is 0.314 e. The van der Waals surface area contributed by atoms with Crippen molar-refractivity contribution in [3.8, 4) is 11.5 Å². The Bertz CT molecular complexity index is 951. The van der Waals surface area contributed by atoms with E-state index in [4.69, 9.17) is 0 Å². The molecule has 7 heteroatoms. The van der Waals surface area contributed by atoms with Crippen LogP contribution >= 0.6 is 11.8 Å². The van der Waals surface area contributed by atoms with Crippen molar-refractivity contribution in [1.29, 1.82) is 0 Å². The van der Waals surface area contributed by atoms with Crippen LogP contribution in [0.4, 0.5) is 5.69 Å². The van der Waals surface area contributed by atoms with Gasteiger partial charge in [0, 0.05) is 26.0 Å². The van der Waals surface area contributed by atoms with Gasteiger partial charge in [0.15, 0.2) is 11.0 Å². The lowest BCUT2D eigenvalue weighted by Crippen LogP contribution is -2.43. The van der Waals surface area contributed by atoms with Crippen LogP contribution in [-0.2, 0) is 11.8 Å². The smallest absolute Gasteiger partial charge is 0.243 e. The highest BCUT2D eigenvalue weighted by Crippen LogP contribution is 2.46. The van der Waals surface area contributed by atoms with Gasteiger partial charge in [-0.2, -0.15) is 0 Å². The van der Waals surface area contributed by atoms with Crippen molar-refractivity contribution in [2.45, 2.75) is 35.6 Å². The second-order valence-electron chi connectivity index (χ2n) is 7.08. The Labute approximate surface area is 169 Å². The second kappa shape index (κ2) is 7.75. The van der Waals surface area contributed by atoms with E-state index in [0.29, 0.717) is 5.82 Å². The molecule has 2 aromatic heterocycles. The predicted octanol–water partition coefficient (Wildman–Crippen LogP) is 3.95. The molecule has 2 heterocycles. The minimum absolute atomic E-state index is 0.128. The van der Waals surface area contributed by atoms with Crippen LogP contribution in [0.25, 0.3) is 11.5 Å². The Morgan fingerprint density at radius 1 is 1.07 bits per heavy atom. The van der Waals surface area contributed by atoms with Crippen LogP contribution in [0, 0.1) is 0 Å². The number of benzene rings is 1. The van der Waals surface area contributed by atoms with E-state index in [-0.39, 0.29) is 5.91 Å². The van der Waals surface area contributed by atoms with Gasteiger partial charge in [0.1, 0.15) is 10.4 Å². The summed E-state index contributed by atoms with van der Waals surface area (Å²) in [5, 5.41) is 9.45.